The van der Waals surface area contributed by atoms with E-state index in [1.807, 2.05) is 0 Å². The standard InChI is InChI=1S/C4HBr2FS/c5-2-1-8-4(7)3(2)6/h1H. The molecule has 0 aliphatic carbocycles. The van der Waals surface area contributed by atoms with Crippen LogP contribution in [0.3, 0.4) is 0 Å². The maximum Gasteiger partial charge on any atom is 0.191 e. The Morgan fingerprint density at radius 1 is 1.50 bits per heavy atom. The number of hydrogen-bond acceptors (Lipinski definition) is 1. The molecule has 1 heterocycles. The SMILES string of the molecule is Fc1scc(Br)c1Br. The molecule has 8 heavy (non-hydrogen) atoms. The van der Waals surface area contributed by atoms with E-state index in [1.54, 1.807) is 5.38 Å². The summed E-state index contributed by atoms with van der Waals surface area (Å²) in [7, 11) is 0. The normalized spacial score (nSPS) is 9.88. The van der Waals surface area contributed by atoms with Crippen LogP contribution >= 0.6 is 43.2 Å². The molecule has 0 nitrogen and oxygen atoms in total. The third-order valence-corrected chi connectivity index (χ3v) is 3.91. The van der Waals surface area contributed by atoms with Crippen molar-refractivity contribution in [2.24, 2.45) is 0 Å². The third-order valence-electron chi connectivity index (χ3n) is 0.648. The van der Waals surface area contributed by atoms with E-state index in [0.717, 1.165) is 15.8 Å². The van der Waals surface area contributed by atoms with E-state index in [1.165, 1.54) is 0 Å². The minimum absolute atomic E-state index is 0.183. The topological polar surface area (TPSA) is 0 Å². The van der Waals surface area contributed by atoms with Crippen molar-refractivity contribution in [3.05, 3.63) is 19.5 Å². The second kappa shape index (κ2) is 2.45. The van der Waals surface area contributed by atoms with Crippen molar-refractivity contribution in [1.29, 1.82) is 0 Å². The summed E-state index contributed by atoms with van der Waals surface area (Å²) in [6.07, 6.45) is 0. The minimum Gasteiger partial charge on any atom is -0.194 e. The Balaban J connectivity index is 3.19. The van der Waals surface area contributed by atoms with Gasteiger partial charge in [-0.2, -0.15) is 4.39 Å². The second-order valence-electron chi connectivity index (χ2n) is 1.17. The summed E-state index contributed by atoms with van der Waals surface area (Å²) in [5.74, 6) is 0. The molecule has 0 N–H and O–H groups in total. The zero-order valence-electron chi connectivity index (χ0n) is 3.62. The summed E-state index contributed by atoms with van der Waals surface area (Å²) in [6.45, 7) is 0. The number of halogens is 3. The van der Waals surface area contributed by atoms with Crippen LogP contribution in [0.2, 0.25) is 0 Å². The van der Waals surface area contributed by atoms with Gasteiger partial charge in [0.1, 0.15) is 0 Å². The monoisotopic (exact) mass is 258 g/mol. The van der Waals surface area contributed by atoms with Crippen molar-refractivity contribution in [3.8, 4) is 0 Å². The van der Waals surface area contributed by atoms with Gasteiger partial charge in [-0.05, 0) is 31.9 Å². The highest BCUT2D eigenvalue weighted by molar-refractivity contribution is 9.13. The molecular formula is C4HBr2FS. The molecule has 0 aromatic carbocycles. The van der Waals surface area contributed by atoms with Crippen LogP contribution in [0, 0.1) is 5.13 Å². The lowest BCUT2D eigenvalue weighted by atomic mass is 10.7. The predicted molar refractivity (Wildman–Crippen MR) is 39.7 cm³/mol. The zero-order chi connectivity index (χ0) is 6.15. The van der Waals surface area contributed by atoms with Crippen LogP contribution in [-0.4, -0.2) is 0 Å². The molecule has 0 unspecified atom stereocenters. The maximum absolute atomic E-state index is 12.3. The van der Waals surface area contributed by atoms with Crippen LogP contribution < -0.4 is 0 Å². The fraction of sp³-hybridized carbons (Fsp3) is 0. The summed E-state index contributed by atoms with van der Waals surface area (Å²) in [6, 6.07) is 0. The molecule has 1 aromatic rings. The number of hydrogen-bond donors (Lipinski definition) is 0. The Labute approximate surface area is 67.0 Å². The van der Waals surface area contributed by atoms with Crippen LogP contribution in [0.4, 0.5) is 4.39 Å². The van der Waals surface area contributed by atoms with Crippen LogP contribution in [0.25, 0.3) is 0 Å². The van der Waals surface area contributed by atoms with Gasteiger partial charge < -0.3 is 0 Å². The maximum atomic E-state index is 12.3. The van der Waals surface area contributed by atoms with Gasteiger partial charge in [-0.15, -0.1) is 11.3 Å². The average molecular weight is 260 g/mol. The molecule has 1 rings (SSSR count). The zero-order valence-corrected chi connectivity index (χ0v) is 7.61. The molecule has 0 saturated heterocycles. The second-order valence-corrected chi connectivity index (χ2v) is 3.65. The van der Waals surface area contributed by atoms with Gasteiger partial charge in [0.15, 0.2) is 5.13 Å². The number of thiophene rings is 1. The Morgan fingerprint density at radius 2 is 2.12 bits per heavy atom. The van der Waals surface area contributed by atoms with E-state index in [0.29, 0.717) is 4.47 Å². The molecule has 44 valence electrons. The first-order valence-corrected chi connectivity index (χ1v) is 4.26. The van der Waals surface area contributed by atoms with Gasteiger partial charge in [0, 0.05) is 9.85 Å². The van der Waals surface area contributed by atoms with E-state index < -0.39 is 0 Å². The molecule has 1 aromatic heterocycles. The molecule has 0 atom stereocenters. The summed E-state index contributed by atoms with van der Waals surface area (Å²) in [5.41, 5.74) is 0. The van der Waals surface area contributed by atoms with E-state index in [-0.39, 0.29) is 5.13 Å². The molecule has 0 aliphatic rings. The first-order valence-electron chi connectivity index (χ1n) is 1.80. The Hall–Kier alpha value is 0.590. The number of rotatable bonds is 0. The molecular weight excluding hydrogens is 259 g/mol. The highest BCUT2D eigenvalue weighted by Gasteiger charge is 2.03. The molecule has 0 saturated carbocycles. The molecule has 0 fully saturated rings. The minimum atomic E-state index is -0.183. The van der Waals surface area contributed by atoms with Crippen molar-refractivity contribution in [2.75, 3.05) is 0 Å². The van der Waals surface area contributed by atoms with Gasteiger partial charge in [-0.3, -0.25) is 0 Å². The Morgan fingerprint density at radius 3 is 2.25 bits per heavy atom. The van der Waals surface area contributed by atoms with E-state index >= 15 is 0 Å². The van der Waals surface area contributed by atoms with Gasteiger partial charge >= 0.3 is 0 Å². The fourth-order valence-corrected chi connectivity index (χ4v) is 1.97. The fourth-order valence-electron chi connectivity index (χ4n) is 0.301. The Kier molecular flexibility index (Phi) is 2.06. The van der Waals surface area contributed by atoms with Crippen LogP contribution in [0.1, 0.15) is 0 Å². The predicted octanol–water partition coefficient (Wildman–Crippen LogP) is 3.41. The molecule has 0 radical (unpaired) electrons. The largest absolute Gasteiger partial charge is 0.194 e. The van der Waals surface area contributed by atoms with E-state index in [9.17, 15) is 4.39 Å². The molecule has 0 spiro atoms. The van der Waals surface area contributed by atoms with Gasteiger partial charge in [0.25, 0.3) is 0 Å². The third kappa shape index (κ3) is 1.11. The van der Waals surface area contributed by atoms with Gasteiger partial charge in [0.2, 0.25) is 0 Å². The highest BCUT2D eigenvalue weighted by Crippen LogP contribution is 2.30. The van der Waals surface area contributed by atoms with Gasteiger partial charge in [-0.25, -0.2) is 0 Å². The van der Waals surface area contributed by atoms with Crippen molar-refractivity contribution in [2.45, 2.75) is 0 Å². The molecule has 4 heteroatoms. The first kappa shape index (κ1) is 6.71. The molecule has 0 aliphatic heterocycles. The smallest absolute Gasteiger partial charge is 0.191 e. The lowest BCUT2D eigenvalue weighted by Crippen LogP contribution is -1.58. The van der Waals surface area contributed by atoms with Crippen LogP contribution in [0.15, 0.2) is 14.3 Å². The highest BCUT2D eigenvalue weighted by atomic mass is 79.9. The van der Waals surface area contributed by atoms with Gasteiger partial charge in [-0.1, -0.05) is 0 Å². The van der Waals surface area contributed by atoms with E-state index in [2.05, 4.69) is 31.9 Å². The Bertz CT molecular complexity index is 176. The van der Waals surface area contributed by atoms with Crippen molar-refractivity contribution in [1.82, 2.24) is 0 Å². The molecule has 0 bridgehead atoms. The summed E-state index contributed by atoms with van der Waals surface area (Å²) < 4.78 is 13.6. The van der Waals surface area contributed by atoms with Gasteiger partial charge in [0.05, 0.1) is 4.47 Å². The van der Waals surface area contributed by atoms with Crippen LogP contribution in [-0.2, 0) is 0 Å². The van der Waals surface area contributed by atoms with Crippen molar-refractivity contribution >= 4 is 43.2 Å². The average Bonchev–Trinajstić information content (AvgIpc) is 1.98. The lowest BCUT2D eigenvalue weighted by molar-refractivity contribution is 0.650. The first-order chi connectivity index (χ1) is 3.72. The molecule has 0 amide bonds. The lowest BCUT2D eigenvalue weighted by Gasteiger charge is -1.78. The van der Waals surface area contributed by atoms with Crippen molar-refractivity contribution in [3.63, 3.8) is 0 Å². The van der Waals surface area contributed by atoms with E-state index in [4.69, 9.17) is 0 Å². The summed E-state index contributed by atoms with van der Waals surface area (Å²) in [4.78, 5) is 0. The van der Waals surface area contributed by atoms with Crippen LogP contribution in [0.5, 0.6) is 0 Å². The summed E-state index contributed by atoms with van der Waals surface area (Å²) in [5, 5.41) is 1.51. The quantitative estimate of drug-likeness (QED) is 0.670. The van der Waals surface area contributed by atoms with Crippen molar-refractivity contribution < 1.29 is 4.39 Å². The summed E-state index contributed by atoms with van der Waals surface area (Å²) >= 11 is 7.25.